The van der Waals surface area contributed by atoms with Gasteiger partial charge in [-0.05, 0) is 97.6 Å². The van der Waals surface area contributed by atoms with Gasteiger partial charge >= 0.3 is 0 Å². The number of para-hydroxylation sites is 2. The summed E-state index contributed by atoms with van der Waals surface area (Å²) >= 11 is 0. The van der Waals surface area contributed by atoms with E-state index in [4.69, 9.17) is 4.74 Å². The van der Waals surface area contributed by atoms with Crippen LogP contribution in [0.4, 0.5) is 5.69 Å². The van der Waals surface area contributed by atoms with Gasteiger partial charge in [-0.25, -0.2) is 0 Å². The fourth-order valence-corrected chi connectivity index (χ4v) is 9.48. The van der Waals surface area contributed by atoms with E-state index >= 15 is 0 Å². The molecule has 5 aliphatic carbocycles. The maximum Gasteiger partial charge on any atom is 0.149 e. The topological polar surface area (TPSA) is 15.7 Å². The molecule has 3 nitrogen and oxygen atoms in total. The van der Waals surface area contributed by atoms with Gasteiger partial charge in [0.2, 0.25) is 0 Å². The number of allylic oxidation sites excluding steroid dienone is 14. The third kappa shape index (κ3) is 3.83. The molecular formula is C42H38N2O. The summed E-state index contributed by atoms with van der Waals surface area (Å²) in [7, 11) is 0. The van der Waals surface area contributed by atoms with Crippen molar-refractivity contribution in [1.82, 2.24) is 4.90 Å². The second-order valence-electron chi connectivity index (χ2n) is 13.7. The van der Waals surface area contributed by atoms with Gasteiger partial charge < -0.3 is 14.5 Å². The van der Waals surface area contributed by atoms with Gasteiger partial charge in [0.25, 0.3) is 0 Å². The summed E-state index contributed by atoms with van der Waals surface area (Å²) in [6.07, 6.45) is 34.0. The average Bonchev–Trinajstić information content (AvgIpc) is 3.76. The fraction of sp³-hybridized carbons (Fsp3) is 0.286. The summed E-state index contributed by atoms with van der Waals surface area (Å²) in [6.45, 7) is 0. The molecule has 3 aliphatic heterocycles. The summed E-state index contributed by atoms with van der Waals surface area (Å²) in [5, 5.41) is 0. The molecule has 0 amide bonds. The normalized spacial score (nSPS) is 30.2. The third-order valence-electron chi connectivity index (χ3n) is 11.5. The van der Waals surface area contributed by atoms with Crippen LogP contribution in [0.1, 0.15) is 67.9 Å². The Kier molecular flexibility index (Phi) is 5.73. The molecule has 0 saturated carbocycles. The predicted molar refractivity (Wildman–Crippen MR) is 182 cm³/mol. The number of hydrogen-bond donors (Lipinski definition) is 0. The molecule has 5 atom stereocenters. The summed E-state index contributed by atoms with van der Waals surface area (Å²) in [6, 6.07) is 18.2. The maximum atomic E-state index is 6.67. The van der Waals surface area contributed by atoms with Crippen LogP contribution < -0.4 is 9.64 Å². The standard InChI is InChI=1S/C42H38N2O/c1-2-11-29(12-3-1)43-36-17-7-4-13-30(36)34-25-27(21-23-38(34)43)28-22-24-39-35(26-28)31-14-5-8-18-37(31)44(39)40-19-10-16-33-32-15-6-9-20-41(32)45-42(33)40/h1-2,4-6,8-11,13-16,18-23,33-35,39,42H,3,7,12,17,24-26H2. The lowest BCUT2D eigenvalue weighted by molar-refractivity contribution is 0.248. The lowest BCUT2D eigenvalue weighted by Gasteiger charge is -2.38. The van der Waals surface area contributed by atoms with Crippen molar-refractivity contribution in [2.24, 2.45) is 5.92 Å². The van der Waals surface area contributed by atoms with Gasteiger partial charge in [0.05, 0.1) is 5.70 Å². The van der Waals surface area contributed by atoms with Gasteiger partial charge in [0.1, 0.15) is 11.9 Å². The van der Waals surface area contributed by atoms with Crippen LogP contribution in [0.25, 0.3) is 0 Å². The molecular weight excluding hydrogens is 548 g/mol. The zero-order chi connectivity index (χ0) is 29.5. The molecule has 0 fully saturated rings. The minimum Gasteiger partial charge on any atom is -0.483 e. The van der Waals surface area contributed by atoms with Crippen LogP contribution in [-0.4, -0.2) is 17.0 Å². The van der Waals surface area contributed by atoms with Crippen molar-refractivity contribution in [3.63, 3.8) is 0 Å². The van der Waals surface area contributed by atoms with Crippen LogP contribution in [0.15, 0.2) is 155 Å². The molecule has 3 heterocycles. The van der Waals surface area contributed by atoms with Crippen LogP contribution in [0.3, 0.4) is 0 Å². The zero-order valence-electron chi connectivity index (χ0n) is 25.6. The molecule has 2 aromatic carbocycles. The van der Waals surface area contributed by atoms with E-state index < -0.39 is 0 Å². The number of rotatable bonds is 3. The third-order valence-corrected chi connectivity index (χ3v) is 11.5. The van der Waals surface area contributed by atoms with Crippen LogP contribution in [0.2, 0.25) is 0 Å². The Bertz CT molecular complexity index is 1910. The van der Waals surface area contributed by atoms with Gasteiger partial charge in [-0.15, -0.1) is 0 Å². The van der Waals surface area contributed by atoms with E-state index in [0.29, 0.717) is 17.9 Å². The molecule has 45 heavy (non-hydrogen) atoms. The highest BCUT2D eigenvalue weighted by atomic mass is 16.5. The highest BCUT2D eigenvalue weighted by Crippen LogP contribution is 2.55. The Morgan fingerprint density at radius 2 is 1.64 bits per heavy atom. The van der Waals surface area contributed by atoms with Crippen molar-refractivity contribution in [2.75, 3.05) is 4.90 Å². The van der Waals surface area contributed by atoms with Crippen molar-refractivity contribution >= 4 is 5.69 Å². The SMILES string of the molecule is C1=CCCC(N2C3=CC=C(C4=CCC5C(C4)c4ccccc4N5C4=CC=CC5c6ccccc6OC45)CC3C3=C2CCC=C3)=C1. The molecule has 222 valence electrons. The first-order valence-electron chi connectivity index (χ1n) is 17.0. The van der Waals surface area contributed by atoms with Gasteiger partial charge in [-0.2, -0.15) is 0 Å². The Morgan fingerprint density at radius 3 is 2.58 bits per heavy atom. The lowest BCUT2D eigenvalue weighted by atomic mass is 9.76. The van der Waals surface area contributed by atoms with Crippen LogP contribution in [0.5, 0.6) is 5.75 Å². The number of hydrogen-bond acceptors (Lipinski definition) is 3. The van der Waals surface area contributed by atoms with Crippen LogP contribution >= 0.6 is 0 Å². The van der Waals surface area contributed by atoms with Crippen molar-refractivity contribution in [3.8, 4) is 5.75 Å². The van der Waals surface area contributed by atoms with Crippen LogP contribution in [0, 0.1) is 5.92 Å². The molecule has 3 heteroatoms. The first kappa shape index (κ1) is 25.8. The van der Waals surface area contributed by atoms with Gasteiger partial charge in [0, 0.05) is 52.1 Å². The number of ether oxygens (including phenoxy) is 1. The molecule has 0 spiro atoms. The smallest absolute Gasteiger partial charge is 0.149 e. The van der Waals surface area contributed by atoms with Crippen molar-refractivity contribution in [3.05, 3.63) is 166 Å². The number of anilines is 1. The van der Waals surface area contributed by atoms with Gasteiger partial charge in [0.15, 0.2) is 0 Å². The van der Waals surface area contributed by atoms with Crippen molar-refractivity contribution in [2.45, 2.75) is 68.9 Å². The monoisotopic (exact) mass is 586 g/mol. The Labute approximate surface area is 266 Å². The second-order valence-corrected chi connectivity index (χ2v) is 13.7. The molecule has 0 bridgehead atoms. The molecule has 2 aromatic rings. The summed E-state index contributed by atoms with van der Waals surface area (Å²) < 4.78 is 6.67. The number of fused-ring (bicyclic) bond motifs is 8. The van der Waals surface area contributed by atoms with E-state index in [1.165, 1.54) is 39.5 Å². The molecule has 8 aliphatic rings. The summed E-state index contributed by atoms with van der Waals surface area (Å²) in [4.78, 5) is 5.29. The average molecular weight is 587 g/mol. The molecule has 0 N–H and O–H groups in total. The predicted octanol–water partition coefficient (Wildman–Crippen LogP) is 9.66. The largest absolute Gasteiger partial charge is 0.483 e. The molecule has 0 radical (unpaired) electrons. The van der Waals surface area contributed by atoms with E-state index in [2.05, 4.69) is 125 Å². The zero-order valence-corrected chi connectivity index (χ0v) is 25.6. The lowest BCUT2D eigenvalue weighted by Crippen LogP contribution is -2.41. The van der Waals surface area contributed by atoms with E-state index in [9.17, 15) is 0 Å². The van der Waals surface area contributed by atoms with Gasteiger partial charge in [-0.3, -0.25) is 0 Å². The molecule has 0 aromatic heterocycles. The van der Waals surface area contributed by atoms with Crippen molar-refractivity contribution < 1.29 is 4.74 Å². The van der Waals surface area contributed by atoms with Gasteiger partial charge in [-0.1, -0.05) is 85.0 Å². The molecule has 5 unspecified atom stereocenters. The molecule has 10 rings (SSSR count). The van der Waals surface area contributed by atoms with E-state index in [1.807, 2.05) is 0 Å². The number of benzene rings is 2. The van der Waals surface area contributed by atoms with E-state index in [-0.39, 0.29) is 12.0 Å². The highest BCUT2D eigenvalue weighted by Gasteiger charge is 2.47. The summed E-state index contributed by atoms with van der Waals surface area (Å²) in [5.41, 5.74) is 14.6. The minimum atomic E-state index is 0.0281. The first-order chi connectivity index (χ1) is 22.3. The van der Waals surface area contributed by atoms with Crippen molar-refractivity contribution in [1.29, 1.82) is 0 Å². The first-order valence-corrected chi connectivity index (χ1v) is 17.0. The minimum absolute atomic E-state index is 0.0281. The quantitative estimate of drug-likeness (QED) is 0.356. The number of nitrogens with zero attached hydrogens (tertiary/aromatic N) is 2. The Balaban J connectivity index is 0.979. The Hall–Kier alpha value is -4.50. The van der Waals surface area contributed by atoms with Crippen LogP contribution in [-0.2, 0) is 0 Å². The molecule has 0 saturated heterocycles. The van der Waals surface area contributed by atoms with E-state index in [1.54, 1.807) is 16.8 Å². The maximum absolute atomic E-state index is 6.67. The summed E-state index contributed by atoms with van der Waals surface area (Å²) in [5.74, 6) is 2.25. The second kappa shape index (κ2) is 10.0. The Morgan fingerprint density at radius 1 is 0.756 bits per heavy atom. The fourth-order valence-electron chi connectivity index (χ4n) is 9.48. The highest BCUT2D eigenvalue weighted by molar-refractivity contribution is 5.69. The van der Waals surface area contributed by atoms with E-state index in [0.717, 1.165) is 50.7 Å².